The van der Waals surface area contributed by atoms with E-state index in [0.29, 0.717) is 19.6 Å². The number of carbonyl (C=O) groups is 1. The number of rotatable bonds is 8. The molecule has 0 unspecified atom stereocenters. The average Bonchev–Trinajstić information content (AvgIpc) is 2.35. The van der Waals surface area contributed by atoms with Gasteiger partial charge in [-0.05, 0) is 32.6 Å². The highest BCUT2D eigenvalue weighted by Crippen LogP contribution is 2.17. The van der Waals surface area contributed by atoms with Crippen molar-refractivity contribution in [1.29, 1.82) is 0 Å². The summed E-state index contributed by atoms with van der Waals surface area (Å²) in [5.41, 5.74) is 6.07. The minimum atomic E-state index is -0.0766. The smallest absolute Gasteiger partial charge is 0.225 e. The number of nitrogens with zero attached hydrogens (tertiary/aromatic N) is 1. The lowest BCUT2D eigenvalue weighted by atomic mass is 10.3. The fourth-order valence-corrected chi connectivity index (χ4v) is 1.59. The van der Waals surface area contributed by atoms with Gasteiger partial charge in [-0.15, -0.1) is 24.8 Å². The molecule has 0 saturated heterocycles. The molecule has 5 nitrogen and oxygen atoms in total. The fraction of sp³-hybridized carbons (Fsp3) is 0.500. The summed E-state index contributed by atoms with van der Waals surface area (Å²) in [5, 5.41) is 2.78. The predicted molar refractivity (Wildman–Crippen MR) is 91.9 cm³/mol. The Morgan fingerprint density at radius 3 is 2.67 bits per heavy atom. The van der Waals surface area contributed by atoms with Crippen LogP contribution in [0.2, 0.25) is 0 Å². The molecule has 0 aliphatic rings. The van der Waals surface area contributed by atoms with Crippen LogP contribution < -0.4 is 15.8 Å². The van der Waals surface area contributed by atoms with E-state index in [0.717, 1.165) is 24.4 Å². The second-order valence-corrected chi connectivity index (χ2v) is 4.62. The van der Waals surface area contributed by atoms with E-state index in [2.05, 4.69) is 10.2 Å². The summed E-state index contributed by atoms with van der Waals surface area (Å²) in [7, 11) is 4.07. The molecule has 0 aromatic heterocycles. The van der Waals surface area contributed by atoms with Crippen LogP contribution in [0.3, 0.4) is 0 Å². The van der Waals surface area contributed by atoms with Crippen molar-refractivity contribution in [2.45, 2.75) is 12.8 Å². The highest BCUT2D eigenvalue weighted by atomic mass is 35.5. The molecule has 3 N–H and O–H groups in total. The van der Waals surface area contributed by atoms with E-state index in [4.69, 9.17) is 10.5 Å². The Kier molecular flexibility index (Phi) is 13.5. The first-order valence-electron chi connectivity index (χ1n) is 6.49. The van der Waals surface area contributed by atoms with Gasteiger partial charge in [0.15, 0.2) is 0 Å². The van der Waals surface area contributed by atoms with Gasteiger partial charge in [-0.3, -0.25) is 4.79 Å². The molecule has 1 aromatic rings. The van der Waals surface area contributed by atoms with Crippen LogP contribution in [0.5, 0.6) is 5.75 Å². The van der Waals surface area contributed by atoms with Crippen molar-refractivity contribution in [1.82, 2.24) is 4.90 Å². The largest absolute Gasteiger partial charge is 0.493 e. The van der Waals surface area contributed by atoms with Gasteiger partial charge in [0.05, 0.1) is 6.61 Å². The van der Waals surface area contributed by atoms with Gasteiger partial charge in [-0.2, -0.15) is 0 Å². The molecule has 0 spiro atoms. The molecule has 1 rings (SSSR count). The highest BCUT2D eigenvalue weighted by Gasteiger charge is 2.02. The Morgan fingerprint density at radius 1 is 1.33 bits per heavy atom. The Balaban J connectivity index is 0. The van der Waals surface area contributed by atoms with Crippen LogP contribution >= 0.6 is 24.8 Å². The summed E-state index contributed by atoms with van der Waals surface area (Å²) in [4.78, 5) is 13.5. The number of hydrogen-bond acceptors (Lipinski definition) is 4. The standard InChI is InChI=1S/C14H23N3O2.2ClH/c1-17(2)9-4-10-19-13-6-3-5-12(11-13)16-14(18)7-8-15;;/h3,5-6,11H,4,7-10,15H2,1-2H3,(H,16,18);2*1H. The number of nitrogens with one attached hydrogen (secondary N) is 1. The molecule has 122 valence electrons. The molecule has 0 heterocycles. The van der Waals surface area contributed by atoms with Gasteiger partial charge in [0.25, 0.3) is 0 Å². The molecular formula is C14H25Cl2N3O2. The molecule has 1 aromatic carbocycles. The molecule has 0 bridgehead atoms. The number of anilines is 1. The van der Waals surface area contributed by atoms with Gasteiger partial charge in [-0.1, -0.05) is 6.07 Å². The molecule has 0 aliphatic heterocycles. The number of benzene rings is 1. The average molecular weight is 338 g/mol. The van der Waals surface area contributed by atoms with Gasteiger partial charge in [0.2, 0.25) is 5.91 Å². The summed E-state index contributed by atoms with van der Waals surface area (Å²) < 4.78 is 5.64. The second kappa shape index (κ2) is 12.7. The molecule has 1 amide bonds. The van der Waals surface area contributed by atoms with Crippen LogP contribution in [-0.4, -0.2) is 44.6 Å². The van der Waals surface area contributed by atoms with Crippen molar-refractivity contribution in [3.63, 3.8) is 0 Å². The zero-order valence-corrected chi connectivity index (χ0v) is 14.1. The SMILES string of the molecule is CN(C)CCCOc1cccc(NC(=O)CCN)c1.Cl.Cl. The third-order valence-corrected chi connectivity index (χ3v) is 2.51. The van der Waals surface area contributed by atoms with Gasteiger partial charge in [0, 0.05) is 31.3 Å². The number of amides is 1. The van der Waals surface area contributed by atoms with Crippen molar-refractivity contribution < 1.29 is 9.53 Å². The maximum atomic E-state index is 11.4. The van der Waals surface area contributed by atoms with Crippen molar-refractivity contribution in [3.8, 4) is 5.75 Å². The van der Waals surface area contributed by atoms with Crippen LogP contribution in [0.4, 0.5) is 5.69 Å². The van der Waals surface area contributed by atoms with Gasteiger partial charge >= 0.3 is 0 Å². The number of nitrogens with two attached hydrogens (primary N) is 1. The summed E-state index contributed by atoms with van der Waals surface area (Å²) in [6.07, 6.45) is 1.30. The number of hydrogen-bond donors (Lipinski definition) is 2. The van der Waals surface area contributed by atoms with Crippen LogP contribution in [-0.2, 0) is 4.79 Å². The molecule has 21 heavy (non-hydrogen) atoms. The first-order chi connectivity index (χ1) is 9.11. The molecular weight excluding hydrogens is 313 g/mol. The van der Waals surface area contributed by atoms with Crippen LogP contribution in [0.1, 0.15) is 12.8 Å². The van der Waals surface area contributed by atoms with E-state index in [1.54, 1.807) is 0 Å². The molecule has 0 radical (unpaired) electrons. The van der Waals surface area contributed by atoms with Crippen molar-refractivity contribution in [3.05, 3.63) is 24.3 Å². The van der Waals surface area contributed by atoms with Gasteiger partial charge in [-0.25, -0.2) is 0 Å². The predicted octanol–water partition coefficient (Wildman–Crippen LogP) is 2.15. The summed E-state index contributed by atoms with van der Waals surface area (Å²) in [6, 6.07) is 7.40. The number of halogens is 2. The van der Waals surface area contributed by atoms with E-state index in [1.807, 2.05) is 38.4 Å². The van der Waals surface area contributed by atoms with Gasteiger partial charge in [0.1, 0.15) is 5.75 Å². The summed E-state index contributed by atoms with van der Waals surface area (Å²) in [6.45, 7) is 2.01. The normalized spacial score (nSPS) is 9.52. The third-order valence-electron chi connectivity index (χ3n) is 2.51. The lowest BCUT2D eigenvalue weighted by Crippen LogP contribution is -2.16. The maximum Gasteiger partial charge on any atom is 0.225 e. The van der Waals surface area contributed by atoms with E-state index in [-0.39, 0.29) is 30.7 Å². The summed E-state index contributed by atoms with van der Waals surface area (Å²) >= 11 is 0. The van der Waals surface area contributed by atoms with E-state index in [9.17, 15) is 4.79 Å². The Labute approximate surface area is 139 Å². The maximum absolute atomic E-state index is 11.4. The van der Waals surface area contributed by atoms with E-state index >= 15 is 0 Å². The third kappa shape index (κ3) is 10.4. The fourth-order valence-electron chi connectivity index (χ4n) is 1.59. The van der Waals surface area contributed by atoms with Crippen LogP contribution in [0, 0.1) is 0 Å². The van der Waals surface area contributed by atoms with Crippen molar-refractivity contribution in [2.75, 3.05) is 39.1 Å². The minimum Gasteiger partial charge on any atom is -0.493 e. The Hall–Kier alpha value is -1.01. The lowest BCUT2D eigenvalue weighted by Gasteiger charge is -2.11. The lowest BCUT2D eigenvalue weighted by molar-refractivity contribution is -0.116. The molecule has 0 atom stereocenters. The molecule has 0 saturated carbocycles. The van der Waals surface area contributed by atoms with E-state index < -0.39 is 0 Å². The molecule has 7 heteroatoms. The zero-order valence-electron chi connectivity index (χ0n) is 12.5. The van der Waals surface area contributed by atoms with E-state index in [1.165, 1.54) is 0 Å². The topological polar surface area (TPSA) is 67.6 Å². The van der Waals surface area contributed by atoms with Gasteiger partial charge < -0.3 is 20.7 Å². The Bertz CT molecular complexity index is 404. The van der Waals surface area contributed by atoms with Crippen molar-refractivity contribution in [2.24, 2.45) is 5.73 Å². The Morgan fingerprint density at radius 2 is 2.05 bits per heavy atom. The quantitative estimate of drug-likeness (QED) is 0.713. The number of ether oxygens (including phenoxy) is 1. The number of carbonyl (C=O) groups excluding carboxylic acids is 1. The van der Waals surface area contributed by atoms with Crippen LogP contribution in [0.15, 0.2) is 24.3 Å². The first-order valence-corrected chi connectivity index (χ1v) is 6.49. The minimum absolute atomic E-state index is 0. The monoisotopic (exact) mass is 337 g/mol. The molecule has 0 aliphatic carbocycles. The van der Waals surface area contributed by atoms with Crippen LogP contribution in [0.25, 0.3) is 0 Å². The first kappa shape index (κ1) is 22.3. The molecule has 0 fully saturated rings. The highest BCUT2D eigenvalue weighted by molar-refractivity contribution is 5.90. The zero-order chi connectivity index (χ0) is 14.1. The van der Waals surface area contributed by atoms with Crippen molar-refractivity contribution >= 4 is 36.4 Å². The summed E-state index contributed by atoms with van der Waals surface area (Å²) in [5.74, 6) is 0.691. The second-order valence-electron chi connectivity index (χ2n) is 4.62.